The quantitative estimate of drug-likeness (QED) is 0.656. The molecule has 0 bridgehead atoms. The molecule has 0 radical (unpaired) electrons. The fraction of sp³-hybridized carbons (Fsp3) is 0.250. The number of rotatable bonds is 0. The van der Waals surface area contributed by atoms with Crippen molar-refractivity contribution in [3.63, 3.8) is 0 Å². The maximum absolute atomic E-state index is 5.81. The number of hydrogen-bond acceptors (Lipinski definition) is 2. The lowest BCUT2D eigenvalue weighted by atomic mass is 9.93. The van der Waals surface area contributed by atoms with Gasteiger partial charge in [0, 0.05) is 5.56 Å². The first-order valence-electron chi connectivity index (χ1n) is 4.97. The third kappa shape index (κ3) is 1.00. The number of nitrogens with two attached hydrogens (primary N) is 1. The van der Waals surface area contributed by atoms with E-state index in [4.69, 9.17) is 5.73 Å². The topological polar surface area (TPSA) is 38.4 Å². The van der Waals surface area contributed by atoms with Crippen LogP contribution in [0.1, 0.15) is 28.7 Å². The first-order chi connectivity index (χ1) is 6.84. The largest absolute Gasteiger partial charge is 0.383 e. The van der Waals surface area contributed by atoms with E-state index < -0.39 is 0 Å². The van der Waals surface area contributed by atoms with Gasteiger partial charge < -0.3 is 5.73 Å². The zero-order chi connectivity index (χ0) is 9.54. The molecular weight excluding hydrogens is 172 g/mol. The van der Waals surface area contributed by atoms with E-state index in [0.717, 1.165) is 24.9 Å². The molecule has 0 saturated carbocycles. The van der Waals surface area contributed by atoms with E-state index in [0.29, 0.717) is 5.84 Å². The standard InChI is InChI=1S/C12H12N2/c13-12-11-6-9-4-2-1-3-8(9)5-10(11)7-14-12/h1,3,5-6H,2,4,7H2,(H2,13,14). The van der Waals surface area contributed by atoms with Crippen LogP contribution in [0.25, 0.3) is 6.08 Å². The molecule has 0 saturated heterocycles. The lowest BCUT2D eigenvalue weighted by Crippen LogP contribution is -2.11. The maximum atomic E-state index is 5.81. The molecule has 0 atom stereocenters. The minimum absolute atomic E-state index is 0.706. The summed E-state index contributed by atoms with van der Waals surface area (Å²) in [7, 11) is 0. The van der Waals surface area contributed by atoms with Gasteiger partial charge in [-0.15, -0.1) is 0 Å². The average Bonchev–Trinajstić information content (AvgIpc) is 2.57. The van der Waals surface area contributed by atoms with Crippen LogP contribution < -0.4 is 5.73 Å². The van der Waals surface area contributed by atoms with Crippen LogP contribution in [0.3, 0.4) is 0 Å². The number of nitrogens with zero attached hydrogens (tertiary/aromatic N) is 1. The van der Waals surface area contributed by atoms with Crippen LogP contribution in [0.4, 0.5) is 0 Å². The predicted octanol–water partition coefficient (Wildman–Crippen LogP) is 1.86. The Bertz CT molecular complexity index is 456. The molecule has 1 aromatic rings. The molecule has 2 N–H and O–H groups in total. The summed E-state index contributed by atoms with van der Waals surface area (Å²) in [6, 6.07) is 4.43. The highest BCUT2D eigenvalue weighted by Crippen LogP contribution is 2.26. The van der Waals surface area contributed by atoms with Crippen molar-refractivity contribution in [3.05, 3.63) is 40.5 Å². The van der Waals surface area contributed by atoms with Crippen LogP contribution >= 0.6 is 0 Å². The Morgan fingerprint density at radius 1 is 1.21 bits per heavy atom. The number of aryl methyl sites for hydroxylation is 1. The summed E-state index contributed by atoms with van der Waals surface area (Å²) in [5, 5.41) is 0. The van der Waals surface area contributed by atoms with Crippen LogP contribution in [0.15, 0.2) is 23.2 Å². The van der Waals surface area contributed by atoms with Gasteiger partial charge >= 0.3 is 0 Å². The molecule has 2 heteroatoms. The van der Waals surface area contributed by atoms with E-state index in [9.17, 15) is 0 Å². The number of allylic oxidation sites excluding steroid dienone is 1. The molecule has 2 nitrogen and oxygen atoms in total. The van der Waals surface area contributed by atoms with Crippen molar-refractivity contribution in [2.45, 2.75) is 19.4 Å². The third-order valence-corrected chi connectivity index (χ3v) is 2.94. The minimum Gasteiger partial charge on any atom is -0.383 e. The van der Waals surface area contributed by atoms with E-state index in [1.807, 2.05) is 0 Å². The van der Waals surface area contributed by atoms with E-state index in [1.165, 1.54) is 16.7 Å². The van der Waals surface area contributed by atoms with Gasteiger partial charge in [-0.05, 0) is 41.7 Å². The van der Waals surface area contributed by atoms with Gasteiger partial charge in [-0.1, -0.05) is 12.2 Å². The molecule has 2 aliphatic rings. The molecule has 0 fully saturated rings. The molecule has 0 spiro atoms. The smallest absolute Gasteiger partial charge is 0.126 e. The molecule has 0 unspecified atom stereocenters. The molecule has 1 heterocycles. The zero-order valence-corrected chi connectivity index (χ0v) is 7.96. The highest BCUT2D eigenvalue weighted by atomic mass is 14.9. The molecule has 14 heavy (non-hydrogen) atoms. The maximum Gasteiger partial charge on any atom is 0.126 e. The number of fused-ring (bicyclic) bond motifs is 2. The Labute approximate surface area is 83.2 Å². The van der Waals surface area contributed by atoms with Gasteiger partial charge in [0.15, 0.2) is 0 Å². The minimum atomic E-state index is 0.706. The van der Waals surface area contributed by atoms with E-state index >= 15 is 0 Å². The first-order valence-corrected chi connectivity index (χ1v) is 4.97. The van der Waals surface area contributed by atoms with Crippen molar-refractivity contribution >= 4 is 11.9 Å². The van der Waals surface area contributed by atoms with Gasteiger partial charge in [0.05, 0.1) is 6.54 Å². The molecule has 1 aliphatic heterocycles. The van der Waals surface area contributed by atoms with Crippen LogP contribution in [-0.4, -0.2) is 5.84 Å². The zero-order valence-electron chi connectivity index (χ0n) is 7.96. The van der Waals surface area contributed by atoms with Crippen molar-refractivity contribution in [1.82, 2.24) is 0 Å². The van der Waals surface area contributed by atoms with E-state index in [-0.39, 0.29) is 0 Å². The van der Waals surface area contributed by atoms with Crippen molar-refractivity contribution in [1.29, 1.82) is 0 Å². The Hall–Kier alpha value is -1.57. The van der Waals surface area contributed by atoms with Crippen molar-refractivity contribution < 1.29 is 0 Å². The summed E-state index contributed by atoms with van der Waals surface area (Å²) in [5.41, 5.74) is 11.0. The molecule has 1 aliphatic carbocycles. The molecule has 0 aromatic heterocycles. The molecule has 1 aromatic carbocycles. The number of aliphatic imine (C=N–C) groups is 1. The monoisotopic (exact) mass is 184 g/mol. The fourth-order valence-corrected chi connectivity index (χ4v) is 2.15. The van der Waals surface area contributed by atoms with Crippen molar-refractivity contribution in [3.8, 4) is 0 Å². The summed E-state index contributed by atoms with van der Waals surface area (Å²) >= 11 is 0. The van der Waals surface area contributed by atoms with Crippen LogP contribution in [0.2, 0.25) is 0 Å². The van der Waals surface area contributed by atoms with Crippen molar-refractivity contribution in [2.75, 3.05) is 0 Å². The summed E-state index contributed by atoms with van der Waals surface area (Å²) in [6.45, 7) is 0.752. The predicted molar refractivity (Wildman–Crippen MR) is 58.2 cm³/mol. The lowest BCUT2D eigenvalue weighted by molar-refractivity contribution is 0.980. The highest BCUT2D eigenvalue weighted by molar-refractivity contribution is 6.01. The van der Waals surface area contributed by atoms with Crippen LogP contribution in [0.5, 0.6) is 0 Å². The molecule has 3 rings (SSSR count). The van der Waals surface area contributed by atoms with Gasteiger partial charge in [0.25, 0.3) is 0 Å². The Balaban J connectivity index is 2.20. The Kier molecular flexibility index (Phi) is 1.51. The third-order valence-electron chi connectivity index (χ3n) is 2.94. The van der Waals surface area contributed by atoms with E-state index in [2.05, 4.69) is 29.3 Å². The van der Waals surface area contributed by atoms with Crippen molar-refractivity contribution in [2.24, 2.45) is 10.7 Å². The average molecular weight is 184 g/mol. The normalized spacial score (nSPS) is 17.6. The number of hydrogen-bond donors (Lipinski definition) is 1. The van der Waals surface area contributed by atoms with E-state index in [1.54, 1.807) is 0 Å². The van der Waals surface area contributed by atoms with Gasteiger partial charge in [-0.3, -0.25) is 4.99 Å². The summed E-state index contributed by atoms with van der Waals surface area (Å²) in [6.07, 6.45) is 6.71. The number of amidine groups is 1. The summed E-state index contributed by atoms with van der Waals surface area (Å²) in [5.74, 6) is 0.706. The number of benzene rings is 1. The highest BCUT2D eigenvalue weighted by Gasteiger charge is 2.16. The first kappa shape index (κ1) is 7.80. The van der Waals surface area contributed by atoms with Gasteiger partial charge in [0.1, 0.15) is 5.84 Å². The van der Waals surface area contributed by atoms with Crippen LogP contribution in [-0.2, 0) is 13.0 Å². The summed E-state index contributed by atoms with van der Waals surface area (Å²) in [4.78, 5) is 4.25. The summed E-state index contributed by atoms with van der Waals surface area (Å²) < 4.78 is 0. The second-order valence-electron chi connectivity index (χ2n) is 3.85. The second-order valence-corrected chi connectivity index (χ2v) is 3.85. The second kappa shape index (κ2) is 2.71. The lowest BCUT2D eigenvalue weighted by Gasteiger charge is -2.12. The van der Waals surface area contributed by atoms with Gasteiger partial charge in [-0.25, -0.2) is 0 Å². The Morgan fingerprint density at radius 2 is 2.14 bits per heavy atom. The fourth-order valence-electron chi connectivity index (χ4n) is 2.15. The molecule has 70 valence electrons. The molecule has 0 amide bonds. The van der Waals surface area contributed by atoms with Crippen LogP contribution in [0, 0.1) is 0 Å². The molecular formula is C12H12N2. The van der Waals surface area contributed by atoms with Gasteiger partial charge in [-0.2, -0.15) is 0 Å². The SMILES string of the molecule is NC1=NCc2cc3c(cc21)CCC=C3. The van der Waals surface area contributed by atoms with Gasteiger partial charge in [0.2, 0.25) is 0 Å². The Morgan fingerprint density at radius 3 is 3.07 bits per heavy atom.